The van der Waals surface area contributed by atoms with Crippen LogP contribution in [0.2, 0.25) is 0 Å². The Morgan fingerprint density at radius 2 is 2.26 bits per heavy atom. The summed E-state index contributed by atoms with van der Waals surface area (Å²) in [6.07, 6.45) is 2.95. The van der Waals surface area contributed by atoms with Gasteiger partial charge in [-0.3, -0.25) is 4.68 Å². The summed E-state index contributed by atoms with van der Waals surface area (Å²) in [6, 6.07) is 7.79. The molecular weight excluding hydrogens is 240 g/mol. The largest absolute Gasteiger partial charge is 0.491 e. The van der Waals surface area contributed by atoms with Crippen LogP contribution in [0.15, 0.2) is 30.5 Å². The van der Waals surface area contributed by atoms with Gasteiger partial charge in [-0.15, -0.1) is 0 Å². The summed E-state index contributed by atoms with van der Waals surface area (Å²) in [7, 11) is 1.84. The van der Waals surface area contributed by atoms with Gasteiger partial charge in [0, 0.05) is 25.0 Å². The molecule has 0 spiro atoms. The summed E-state index contributed by atoms with van der Waals surface area (Å²) in [6.45, 7) is 4.15. The second-order valence-corrected chi connectivity index (χ2v) is 4.60. The quantitative estimate of drug-likeness (QED) is 0.867. The molecule has 0 saturated heterocycles. The van der Waals surface area contributed by atoms with Crippen molar-refractivity contribution in [1.82, 2.24) is 9.78 Å². The van der Waals surface area contributed by atoms with Crippen LogP contribution >= 0.6 is 0 Å². The molecule has 0 amide bonds. The van der Waals surface area contributed by atoms with Gasteiger partial charge in [0.05, 0.1) is 11.8 Å². The number of aryl methyl sites for hydroxylation is 1. The summed E-state index contributed by atoms with van der Waals surface area (Å²) in [5, 5.41) is 7.44. The molecule has 2 aromatic rings. The van der Waals surface area contributed by atoms with Gasteiger partial charge in [-0.25, -0.2) is 0 Å². The van der Waals surface area contributed by atoms with Crippen molar-refractivity contribution >= 4 is 17.2 Å². The van der Waals surface area contributed by atoms with Crippen LogP contribution in [0.1, 0.15) is 20.3 Å². The Morgan fingerprint density at radius 3 is 2.89 bits per heavy atom. The summed E-state index contributed by atoms with van der Waals surface area (Å²) in [4.78, 5) is 0. The van der Waals surface area contributed by atoms with Crippen molar-refractivity contribution in [3.63, 3.8) is 0 Å². The summed E-state index contributed by atoms with van der Waals surface area (Å²) in [5.74, 6) is 1.50. The van der Waals surface area contributed by atoms with Gasteiger partial charge in [0.15, 0.2) is 5.82 Å². The number of nitrogens with zero attached hydrogens (tertiary/aromatic N) is 2. The number of nitrogen functional groups attached to an aromatic ring is 1. The van der Waals surface area contributed by atoms with E-state index in [0.29, 0.717) is 11.5 Å². The number of aromatic nitrogens is 2. The lowest BCUT2D eigenvalue weighted by molar-refractivity contribution is 0.217. The van der Waals surface area contributed by atoms with Crippen LogP contribution < -0.4 is 15.8 Å². The molecule has 0 fully saturated rings. The highest BCUT2D eigenvalue weighted by molar-refractivity contribution is 5.68. The van der Waals surface area contributed by atoms with Gasteiger partial charge in [-0.2, -0.15) is 5.10 Å². The van der Waals surface area contributed by atoms with E-state index < -0.39 is 0 Å². The van der Waals surface area contributed by atoms with Crippen LogP contribution in [0, 0.1) is 0 Å². The molecule has 1 aromatic carbocycles. The third-order valence-electron chi connectivity index (χ3n) is 2.87. The van der Waals surface area contributed by atoms with E-state index in [1.54, 1.807) is 10.9 Å². The number of nitrogens with two attached hydrogens (primary N) is 1. The van der Waals surface area contributed by atoms with Crippen molar-refractivity contribution in [2.45, 2.75) is 26.4 Å². The fourth-order valence-electron chi connectivity index (χ4n) is 1.70. The summed E-state index contributed by atoms with van der Waals surface area (Å²) < 4.78 is 7.46. The lowest BCUT2D eigenvalue weighted by Gasteiger charge is -2.13. The van der Waals surface area contributed by atoms with Crippen LogP contribution in [-0.4, -0.2) is 15.9 Å². The van der Waals surface area contributed by atoms with Gasteiger partial charge in [0.1, 0.15) is 5.75 Å². The molecule has 0 saturated carbocycles. The van der Waals surface area contributed by atoms with Crippen molar-refractivity contribution in [3.05, 3.63) is 30.5 Å². The molecule has 0 aliphatic rings. The van der Waals surface area contributed by atoms with Crippen molar-refractivity contribution < 1.29 is 4.74 Å². The molecule has 1 atom stereocenters. The molecule has 19 heavy (non-hydrogen) atoms. The molecule has 0 aliphatic heterocycles. The van der Waals surface area contributed by atoms with Gasteiger partial charge >= 0.3 is 0 Å². The number of rotatable bonds is 5. The number of hydrogen-bond acceptors (Lipinski definition) is 4. The first-order valence-electron chi connectivity index (χ1n) is 6.41. The first-order valence-corrected chi connectivity index (χ1v) is 6.41. The maximum absolute atomic E-state index is 5.85. The maximum atomic E-state index is 5.85. The SMILES string of the molecule is CCC(C)Oc1cccc(Nc2nn(C)cc2N)c1. The predicted molar refractivity (Wildman–Crippen MR) is 77.7 cm³/mol. The molecule has 102 valence electrons. The molecule has 1 unspecified atom stereocenters. The smallest absolute Gasteiger partial charge is 0.175 e. The molecule has 1 aromatic heterocycles. The predicted octanol–water partition coefficient (Wildman–Crippen LogP) is 2.92. The molecule has 1 heterocycles. The fourth-order valence-corrected chi connectivity index (χ4v) is 1.70. The second kappa shape index (κ2) is 5.65. The molecule has 0 radical (unpaired) electrons. The second-order valence-electron chi connectivity index (χ2n) is 4.60. The van der Waals surface area contributed by atoms with E-state index in [-0.39, 0.29) is 6.10 Å². The minimum atomic E-state index is 0.204. The summed E-state index contributed by atoms with van der Waals surface area (Å²) in [5.41, 5.74) is 7.38. The minimum absolute atomic E-state index is 0.204. The van der Waals surface area contributed by atoms with E-state index in [1.165, 1.54) is 0 Å². The number of anilines is 3. The van der Waals surface area contributed by atoms with Crippen molar-refractivity contribution in [3.8, 4) is 5.75 Å². The van der Waals surface area contributed by atoms with E-state index in [2.05, 4.69) is 24.3 Å². The van der Waals surface area contributed by atoms with Crippen molar-refractivity contribution in [1.29, 1.82) is 0 Å². The number of nitrogens with one attached hydrogen (secondary N) is 1. The summed E-state index contributed by atoms with van der Waals surface area (Å²) >= 11 is 0. The van der Waals surface area contributed by atoms with E-state index in [4.69, 9.17) is 10.5 Å². The first-order chi connectivity index (χ1) is 9.08. The maximum Gasteiger partial charge on any atom is 0.175 e. The van der Waals surface area contributed by atoms with Crippen LogP contribution in [0.25, 0.3) is 0 Å². The minimum Gasteiger partial charge on any atom is -0.491 e. The highest BCUT2D eigenvalue weighted by Gasteiger charge is 2.06. The third-order valence-corrected chi connectivity index (χ3v) is 2.87. The van der Waals surface area contributed by atoms with Gasteiger partial charge in [-0.1, -0.05) is 13.0 Å². The Labute approximate surface area is 113 Å². The average molecular weight is 260 g/mol. The van der Waals surface area contributed by atoms with Crippen LogP contribution in [-0.2, 0) is 7.05 Å². The number of ether oxygens (including phenoxy) is 1. The molecular formula is C14H20N4O. The molecule has 0 bridgehead atoms. The lowest BCUT2D eigenvalue weighted by atomic mass is 10.2. The van der Waals surface area contributed by atoms with Gasteiger partial charge in [0.25, 0.3) is 0 Å². The number of hydrogen-bond donors (Lipinski definition) is 2. The van der Waals surface area contributed by atoms with Crippen molar-refractivity contribution in [2.24, 2.45) is 7.05 Å². The van der Waals surface area contributed by atoms with E-state index >= 15 is 0 Å². The normalized spacial score (nSPS) is 12.2. The van der Waals surface area contributed by atoms with E-state index in [1.807, 2.05) is 31.3 Å². The highest BCUT2D eigenvalue weighted by Crippen LogP contribution is 2.24. The zero-order valence-electron chi connectivity index (χ0n) is 11.6. The zero-order valence-corrected chi connectivity index (χ0v) is 11.6. The fraction of sp³-hybridized carbons (Fsp3) is 0.357. The topological polar surface area (TPSA) is 65.1 Å². The molecule has 3 N–H and O–H groups in total. The monoisotopic (exact) mass is 260 g/mol. The average Bonchev–Trinajstić information content (AvgIpc) is 2.68. The zero-order chi connectivity index (χ0) is 13.8. The molecule has 5 nitrogen and oxygen atoms in total. The Balaban J connectivity index is 2.13. The highest BCUT2D eigenvalue weighted by atomic mass is 16.5. The molecule has 0 aliphatic carbocycles. The van der Waals surface area contributed by atoms with E-state index in [0.717, 1.165) is 17.9 Å². The van der Waals surface area contributed by atoms with Crippen molar-refractivity contribution in [2.75, 3.05) is 11.1 Å². The van der Waals surface area contributed by atoms with Crippen LogP contribution in [0.3, 0.4) is 0 Å². The van der Waals surface area contributed by atoms with Gasteiger partial charge in [0.2, 0.25) is 0 Å². The van der Waals surface area contributed by atoms with Gasteiger partial charge < -0.3 is 15.8 Å². The van der Waals surface area contributed by atoms with Crippen LogP contribution in [0.5, 0.6) is 5.75 Å². The number of benzene rings is 1. The van der Waals surface area contributed by atoms with Gasteiger partial charge in [-0.05, 0) is 25.5 Å². The van der Waals surface area contributed by atoms with E-state index in [9.17, 15) is 0 Å². The van der Waals surface area contributed by atoms with Crippen LogP contribution in [0.4, 0.5) is 17.2 Å². The lowest BCUT2D eigenvalue weighted by Crippen LogP contribution is -2.09. The third kappa shape index (κ3) is 3.40. The Bertz CT molecular complexity index is 550. The molecule has 2 rings (SSSR count). The standard InChI is InChI=1S/C14H20N4O/c1-4-10(2)19-12-7-5-6-11(8-12)16-14-13(15)9-18(3)17-14/h5-10H,4,15H2,1-3H3,(H,16,17). The molecule has 5 heteroatoms. The Hall–Kier alpha value is -2.17. The first kappa shape index (κ1) is 13.3. The Morgan fingerprint density at radius 1 is 1.47 bits per heavy atom. The Kier molecular flexibility index (Phi) is 3.94.